The molecule has 1 aliphatic heterocycles. The number of alkyl halides is 1. The molecule has 1 aromatic carbocycles. The molecule has 1 saturated heterocycles. The summed E-state index contributed by atoms with van der Waals surface area (Å²) in [6.07, 6.45) is 1.02. The van der Waals surface area contributed by atoms with E-state index in [-0.39, 0.29) is 5.38 Å². The molecular formula is C15H21ClO3. The van der Waals surface area contributed by atoms with Gasteiger partial charge in [0.25, 0.3) is 0 Å². The van der Waals surface area contributed by atoms with Crippen LogP contribution in [0.25, 0.3) is 0 Å². The maximum Gasteiger partial charge on any atom is 0.161 e. The summed E-state index contributed by atoms with van der Waals surface area (Å²) in [6.45, 7) is 6.72. The Hall–Kier alpha value is -0.930. The van der Waals surface area contributed by atoms with Crippen molar-refractivity contribution in [3.63, 3.8) is 0 Å². The molecule has 0 amide bonds. The molecular weight excluding hydrogens is 264 g/mol. The highest BCUT2D eigenvalue weighted by Crippen LogP contribution is 2.38. The van der Waals surface area contributed by atoms with Crippen LogP contribution >= 0.6 is 11.6 Å². The molecule has 3 nitrogen and oxygen atoms in total. The SMILES string of the molecule is CCOc1ccc(C(Cl)C2CCOC2)cc1OCC. The van der Waals surface area contributed by atoms with Crippen molar-refractivity contribution < 1.29 is 14.2 Å². The fraction of sp³-hybridized carbons (Fsp3) is 0.600. The molecule has 0 spiro atoms. The second-order valence-electron chi connectivity index (χ2n) is 4.60. The molecule has 4 heteroatoms. The smallest absolute Gasteiger partial charge is 0.161 e. The quantitative estimate of drug-likeness (QED) is 0.744. The minimum atomic E-state index is -0.0302. The number of rotatable bonds is 6. The third-order valence-electron chi connectivity index (χ3n) is 3.26. The molecule has 0 bridgehead atoms. The summed E-state index contributed by atoms with van der Waals surface area (Å²) in [7, 11) is 0. The van der Waals surface area contributed by atoms with Crippen molar-refractivity contribution in [2.45, 2.75) is 25.6 Å². The molecule has 1 aromatic rings. The number of hydrogen-bond donors (Lipinski definition) is 0. The molecule has 2 atom stereocenters. The normalized spacial score (nSPS) is 20.3. The van der Waals surface area contributed by atoms with Crippen LogP contribution in [0, 0.1) is 5.92 Å². The molecule has 0 saturated carbocycles. The first-order valence-corrected chi connectivity index (χ1v) is 7.31. The van der Waals surface area contributed by atoms with Gasteiger partial charge in [-0.1, -0.05) is 6.07 Å². The molecule has 0 radical (unpaired) electrons. The van der Waals surface area contributed by atoms with E-state index in [1.807, 2.05) is 32.0 Å². The van der Waals surface area contributed by atoms with Gasteiger partial charge >= 0.3 is 0 Å². The highest BCUT2D eigenvalue weighted by molar-refractivity contribution is 6.21. The third-order valence-corrected chi connectivity index (χ3v) is 3.87. The minimum Gasteiger partial charge on any atom is -0.490 e. The van der Waals surface area contributed by atoms with Crippen LogP contribution in [0.4, 0.5) is 0 Å². The summed E-state index contributed by atoms with van der Waals surface area (Å²) in [6, 6.07) is 5.95. The maximum absolute atomic E-state index is 6.54. The zero-order valence-corrected chi connectivity index (χ0v) is 12.3. The van der Waals surface area contributed by atoms with Crippen LogP contribution < -0.4 is 9.47 Å². The molecule has 1 fully saturated rings. The Labute approximate surface area is 119 Å². The Bertz CT molecular complexity index is 402. The summed E-state index contributed by atoms with van der Waals surface area (Å²) in [4.78, 5) is 0. The Morgan fingerprint density at radius 1 is 1.26 bits per heavy atom. The number of halogens is 1. The van der Waals surface area contributed by atoms with Crippen LogP contribution in [0.3, 0.4) is 0 Å². The standard InChI is InChI=1S/C15H21ClO3/c1-3-18-13-6-5-11(9-14(13)19-4-2)15(16)12-7-8-17-10-12/h5-6,9,12,15H,3-4,7-8,10H2,1-2H3. The fourth-order valence-corrected chi connectivity index (χ4v) is 2.63. The lowest BCUT2D eigenvalue weighted by Gasteiger charge is -2.18. The molecule has 1 aliphatic rings. The van der Waals surface area contributed by atoms with Gasteiger partial charge in [0.1, 0.15) is 0 Å². The fourth-order valence-electron chi connectivity index (χ4n) is 2.29. The van der Waals surface area contributed by atoms with Crippen LogP contribution in [-0.4, -0.2) is 26.4 Å². The molecule has 1 heterocycles. The van der Waals surface area contributed by atoms with Gasteiger partial charge in [-0.05, 0) is 38.0 Å². The highest BCUT2D eigenvalue weighted by atomic mass is 35.5. The first kappa shape index (κ1) is 14.5. The van der Waals surface area contributed by atoms with Crippen molar-refractivity contribution in [2.24, 2.45) is 5.92 Å². The van der Waals surface area contributed by atoms with E-state index in [9.17, 15) is 0 Å². The number of ether oxygens (including phenoxy) is 3. The van der Waals surface area contributed by atoms with Gasteiger partial charge in [-0.25, -0.2) is 0 Å². The third kappa shape index (κ3) is 3.54. The lowest BCUT2D eigenvalue weighted by Crippen LogP contribution is -2.08. The van der Waals surface area contributed by atoms with Crippen molar-refractivity contribution in [3.8, 4) is 11.5 Å². The van der Waals surface area contributed by atoms with Gasteiger partial charge in [-0.3, -0.25) is 0 Å². The van der Waals surface area contributed by atoms with E-state index < -0.39 is 0 Å². The summed E-state index contributed by atoms with van der Waals surface area (Å²) in [5.41, 5.74) is 1.07. The summed E-state index contributed by atoms with van der Waals surface area (Å²) in [5, 5.41) is -0.0302. The molecule has 0 aliphatic carbocycles. The van der Waals surface area contributed by atoms with Crippen LogP contribution in [0.1, 0.15) is 31.2 Å². The van der Waals surface area contributed by atoms with Crippen molar-refractivity contribution in [3.05, 3.63) is 23.8 Å². The van der Waals surface area contributed by atoms with Crippen LogP contribution in [0.15, 0.2) is 18.2 Å². The van der Waals surface area contributed by atoms with E-state index in [2.05, 4.69) is 0 Å². The lowest BCUT2D eigenvalue weighted by atomic mass is 9.98. The second kappa shape index (κ2) is 7.01. The summed E-state index contributed by atoms with van der Waals surface area (Å²) < 4.78 is 16.6. The van der Waals surface area contributed by atoms with Crippen LogP contribution in [0.2, 0.25) is 0 Å². The van der Waals surface area contributed by atoms with E-state index in [1.165, 1.54) is 0 Å². The van der Waals surface area contributed by atoms with Gasteiger partial charge in [0.15, 0.2) is 11.5 Å². The Morgan fingerprint density at radius 2 is 2.00 bits per heavy atom. The predicted molar refractivity (Wildman–Crippen MR) is 76.3 cm³/mol. The highest BCUT2D eigenvalue weighted by Gasteiger charge is 2.26. The Balaban J connectivity index is 2.18. The summed E-state index contributed by atoms with van der Waals surface area (Å²) in [5.74, 6) is 1.93. The average molecular weight is 285 g/mol. The van der Waals surface area contributed by atoms with E-state index in [0.29, 0.717) is 19.1 Å². The van der Waals surface area contributed by atoms with E-state index in [4.69, 9.17) is 25.8 Å². The van der Waals surface area contributed by atoms with Gasteiger partial charge in [-0.2, -0.15) is 0 Å². The second-order valence-corrected chi connectivity index (χ2v) is 5.07. The lowest BCUT2D eigenvalue weighted by molar-refractivity contribution is 0.185. The molecule has 2 rings (SSSR count). The topological polar surface area (TPSA) is 27.7 Å². The van der Waals surface area contributed by atoms with E-state index >= 15 is 0 Å². The van der Waals surface area contributed by atoms with E-state index in [1.54, 1.807) is 0 Å². The van der Waals surface area contributed by atoms with Crippen molar-refractivity contribution >= 4 is 11.6 Å². The largest absolute Gasteiger partial charge is 0.490 e. The van der Waals surface area contributed by atoms with Crippen molar-refractivity contribution in [2.75, 3.05) is 26.4 Å². The van der Waals surface area contributed by atoms with E-state index in [0.717, 1.165) is 36.7 Å². The molecule has 19 heavy (non-hydrogen) atoms. The number of benzene rings is 1. The zero-order chi connectivity index (χ0) is 13.7. The van der Waals surface area contributed by atoms with Gasteiger partial charge in [0.05, 0.1) is 25.2 Å². The molecule has 106 valence electrons. The van der Waals surface area contributed by atoms with Crippen LogP contribution in [0.5, 0.6) is 11.5 Å². The Kier molecular flexibility index (Phi) is 5.34. The van der Waals surface area contributed by atoms with Crippen molar-refractivity contribution in [1.82, 2.24) is 0 Å². The molecule has 0 aromatic heterocycles. The minimum absolute atomic E-state index is 0.0302. The van der Waals surface area contributed by atoms with Gasteiger partial charge in [-0.15, -0.1) is 11.6 Å². The van der Waals surface area contributed by atoms with Gasteiger partial charge < -0.3 is 14.2 Å². The number of hydrogen-bond acceptors (Lipinski definition) is 3. The molecule has 2 unspecified atom stereocenters. The Morgan fingerprint density at radius 3 is 2.63 bits per heavy atom. The van der Waals surface area contributed by atoms with Gasteiger partial charge in [0.2, 0.25) is 0 Å². The first-order chi connectivity index (χ1) is 9.26. The molecule has 0 N–H and O–H groups in total. The zero-order valence-electron chi connectivity index (χ0n) is 11.5. The average Bonchev–Trinajstić information content (AvgIpc) is 2.94. The van der Waals surface area contributed by atoms with Crippen LogP contribution in [-0.2, 0) is 4.74 Å². The summed E-state index contributed by atoms with van der Waals surface area (Å²) >= 11 is 6.54. The first-order valence-electron chi connectivity index (χ1n) is 6.87. The predicted octanol–water partition coefficient (Wildman–Crippen LogP) is 3.80. The monoisotopic (exact) mass is 284 g/mol. The van der Waals surface area contributed by atoms with Gasteiger partial charge in [0, 0.05) is 12.5 Å². The maximum atomic E-state index is 6.54. The van der Waals surface area contributed by atoms with Crippen molar-refractivity contribution in [1.29, 1.82) is 0 Å².